The molecule has 0 spiro atoms. The minimum atomic E-state index is -0.514. The quantitative estimate of drug-likeness (QED) is 0.416. The number of amides is 2. The van der Waals surface area contributed by atoms with Crippen LogP contribution in [0.4, 0.5) is 13.6 Å². The Morgan fingerprint density at radius 3 is 2.26 bits per heavy atom. The van der Waals surface area contributed by atoms with Crippen molar-refractivity contribution in [3.8, 4) is 11.4 Å². The number of hydrogen-bond acceptors (Lipinski definition) is 4. The standard InChI is InChI=1S/C26H20F2N4O2/c1-16-22(25-30-24(31-34-25)19-9-13-21(28)14-10-19)23(18-5-3-2-4-6-18)29-26(33)32(16)15-17-7-11-20(27)12-8-17/h2-14,23H,15H2,1H3,(H,29,33). The van der Waals surface area contributed by atoms with Gasteiger partial charge in [0.2, 0.25) is 5.82 Å². The highest BCUT2D eigenvalue weighted by Gasteiger charge is 2.35. The van der Waals surface area contributed by atoms with Gasteiger partial charge in [-0.1, -0.05) is 47.6 Å². The second-order valence-corrected chi connectivity index (χ2v) is 7.93. The summed E-state index contributed by atoms with van der Waals surface area (Å²) in [6.45, 7) is 2.05. The molecule has 2 amide bonds. The summed E-state index contributed by atoms with van der Waals surface area (Å²) in [5.74, 6) is -0.149. The molecule has 0 radical (unpaired) electrons. The molecule has 8 heteroatoms. The maximum Gasteiger partial charge on any atom is 0.322 e. The maximum atomic E-state index is 13.4. The number of allylic oxidation sites excluding steroid dienone is 1. The predicted octanol–water partition coefficient (Wildman–Crippen LogP) is 5.71. The van der Waals surface area contributed by atoms with Crippen LogP contribution in [-0.2, 0) is 6.54 Å². The number of rotatable bonds is 5. The van der Waals surface area contributed by atoms with Crippen molar-refractivity contribution in [2.75, 3.05) is 0 Å². The van der Waals surface area contributed by atoms with Gasteiger partial charge < -0.3 is 9.84 Å². The first-order chi connectivity index (χ1) is 16.5. The first-order valence-corrected chi connectivity index (χ1v) is 10.7. The van der Waals surface area contributed by atoms with Crippen LogP contribution < -0.4 is 5.32 Å². The van der Waals surface area contributed by atoms with Crippen LogP contribution in [0, 0.1) is 11.6 Å². The second-order valence-electron chi connectivity index (χ2n) is 7.93. The van der Waals surface area contributed by atoms with E-state index in [-0.39, 0.29) is 30.1 Å². The molecule has 1 aromatic heterocycles. The number of carbonyl (C=O) groups excluding carboxylic acids is 1. The van der Waals surface area contributed by atoms with Gasteiger partial charge in [-0.2, -0.15) is 4.98 Å². The van der Waals surface area contributed by atoms with Crippen LogP contribution in [0.3, 0.4) is 0 Å². The molecule has 4 aromatic rings. The van der Waals surface area contributed by atoms with E-state index in [1.54, 1.807) is 29.2 Å². The molecule has 3 aromatic carbocycles. The van der Waals surface area contributed by atoms with Crippen LogP contribution in [0.5, 0.6) is 0 Å². The highest BCUT2D eigenvalue weighted by atomic mass is 19.1. The zero-order valence-electron chi connectivity index (χ0n) is 18.2. The van der Waals surface area contributed by atoms with Crippen LogP contribution in [-0.4, -0.2) is 21.1 Å². The Hall–Kier alpha value is -4.33. The molecule has 5 rings (SSSR count). The molecule has 34 heavy (non-hydrogen) atoms. The number of benzene rings is 3. The Labute approximate surface area is 194 Å². The lowest BCUT2D eigenvalue weighted by Gasteiger charge is -2.35. The predicted molar refractivity (Wildman–Crippen MR) is 122 cm³/mol. The Morgan fingerprint density at radius 2 is 1.59 bits per heavy atom. The minimum absolute atomic E-state index is 0.238. The van der Waals surface area contributed by atoms with E-state index in [1.807, 2.05) is 37.3 Å². The van der Waals surface area contributed by atoms with Crippen molar-refractivity contribution in [1.82, 2.24) is 20.4 Å². The van der Waals surface area contributed by atoms with Crippen LogP contribution in [0.15, 0.2) is 89.1 Å². The van der Waals surface area contributed by atoms with Gasteiger partial charge in [-0.25, -0.2) is 13.6 Å². The summed E-state index contributed by atoms with van der Waals surface area (Å²) in [5.41, 5.74) is 3.51. The average molecular weight is 458 g/mol. The first kappa shape index (κ1) is 21.5. The molecular formula is C26H20F2N4O2. The zero-order valence-corrected chi connectivity index (χ0v) is 18.2. The number of aromatic nitrogens is 2. The summed E-state index contributed by atoms with van der Waals surface area (Å²) in [5, 5.41) is 7.10. The van der Waals surface area contributed by atoms with Crippen LogP contribution in [0.25, 0.3) is 17.0 Å². The molecule has 0 aliphatic carbocycles. The van der Waals surface area contributed by atoms with Gasteiger partial charge in [0.05, 0.1) is 18.2 Å². The Morgan fingerprint density at radius 1 is 0.941 bits per heavy atom. The van der Waals surface area contributed by atoms with Crippen LogP contribution >= 0.6 is 0 Å². The number of hydrogen-bond donors (Lipinski definition) is 1. The van der Waals surface area contributed by atoms with Crippen LogP contribution in [0.1, 0.15) is 30.0 Å². The van der Waals surface area contributed by atoms with Crippen molar-refractivity contribution >= 4 is 11.6 Å². The lowest BCUT2D eigenvalue weighted by atomic mass is 9.94. The summed E-state index contributed by atoms with van der Waals surface area (Å²) in [6, 6.07) is 20.5. The maximum absolute atomic E-state index is 13.4. The normalized spacial score (nSPS) is 16.0. The van der Waals surface area contributed by atoms with Gasteiger partial charge in [0.15, 0.2) is 0 Å². The first-order valence-electron chi connectivity index (χ1n) is 10.7. The van der Waals surface area contributed by atoms with Crippen molar-refractivity contribution in [2.24, 2.45) is 0 Å². The van der Waals surface area contributed by atoms with Gasteiger partial charge in [-0.3, -0.25) is 4.90 Å². The smallest absolute Gasteiger partial charge is 0.322 e. The van der Waals surface area contributed by atoms with Gasteiger partial charge in [0.1, 0.15) is 11.6 Å². The molecule has 1 aliphatic rings. The highest BCUT2D eigenvalue weighted by molar-refractivity contribution is 5.86. The van der Waals surface area contributed by atoms with Crippen LogP contribution in [0.2, 0.25) is 0 Å². The molecule has 6 nitrogen and oxygen atoms in total. The number of carbonyl (C=O) groups is 1. The molecule has 2 heterocycles. The van der Waals surface area contributed by atoms with Gasteiger partial charge in [0, 0.05) is 11.3 Å². The number of nitrogens with one attached hydrogen (secondary N) is 1. The van der Waals surface area contributed by atoms with E-state index >= 15 is 0 Å². The lowest BCUT2D eigenvalue weighted by Crippen LogP contribution is -2.45. The van der Waals surface area contributed by atoms with E-state index in [0.29, 0.717) is 22.7 Å². The van der Waals surface area contributed by atoms with Crippen molar-refractivity contribution < 1.29 is 18.1 Å². The Balaban J connectivity index is 1.58. The Bertz CT molecular complexity index is 1350. The van der Waals surface area contributed by atoms with E-state index in [4.69, 9.17) is 4.52 Å². The van der Waals surface area contributed by atoms with E-state index in [1.165, 1.54) is 24.3 Å². The number of nitrogens with zero attached hydrogens (tertiary/aromatic N) is 3. The third-order valence-electron chi connectivity index (χ3n) is 5.74. The molecule has 0 fully saturated rings. The van der Waals surface area contributed by atoms with Crippen molar-refractivity contribution in [3.63, 3.8) is 0 Å². The SMILES string of the molecule is CC1=C(c2nc(-c3ccc(F)cc3)no2)C(c2ccccc2)NC(=O)N1Cc1ccc(F)cc1. The third kappa shape index (κ3) is 4.17. The van der Waals surface area contributed by atoms with Gasteiger partial charge >= 0.3 is 6.03 Å². The van der Waals surface area contributed by atoms with Crippen molar-refractivity contribution in [1.29, 1.82) is 0 Å². The summed E-state index contributed by atoms with van der Waals surface area (Å²) in [7, 11) is 0. The molecule has 1 aliphatic heterocycles. The number of urea groups is 1. The molecular weight excluding hydrogens is 438 g/mol. The fraction of sp³-hybridized carbons (Fsp3) is 0.115. The monoisotopic (exact) mass is 458 g/mol. The highest BCUT2D eigenvalue weighted by Crippen LogP contribution is 2.37. The molecule has 1 atom stereocenters. The number of halogens is 2. The molecule has 1 unspecified atom stereocenters. The summed E-state index contributed by atoms with van der Waals surface area (Å²) >= 11 is 0. The molecule has 170 valence electrons. The molecule has 0 saturated carbocycles. The summed E-state index contributed by atoms with van der Waals surface area (Å²) in [6.07, 6.45) is 0. The molecule has 1 N–H and O–H groups in total. The minimum Gasteiger partial charge on any atom is -0.334 e. The average Bonchev–Trinajstić information content (AvgIpc) is 3.33. The lowest BCUT2D eigenvalue weighted by molar-refractivity contribution is 0.203. The van der Waals surface area contributed by atoms with Gasteiger partial charge in [-0.05, 0) is 54.4 Å². The summed E-state index contributed by atoms with van der Waals surface area (Å²) in [4.78, 5) is 19.2. The zero-order chi connectivity index (χ0) is 23.7. The Kier molecular flexibility index (Phi) is 5.63. The molecule has 0 bridgehead atoms. The largest absolute Gasteiger partial charge is 0.334 e. The van der Waals surface area contributed by atoms with Gasteiger partial charge in [0.25, 0.3) is 5.89 Å². The van der Waals surface area contributed by atoms with E-state index < -0.39 is 6.04 Å². The summed E-state index contributed by atoms with van der Waals surface area (Å²) < 4.78 is 32.3. The topological polar surface area (TPSA) is 71.3 Å². The fourth-order valence-corrected chi connectivity index (χ4v) is 3.97. The third-order valence-corrected chi connectivity index (χ3v) is 5.74. The van der Waals surface area contributed by atoms with Gasteiger partial charge in [-0.15, -0.1) is 0 Å². The van der Waals surface area contributed by atoms with E-state index in [2.05, 4.69) is 15.5 Å². The second kappa shape index (κ2) is 8.90. The van der Waals surface area contributed by atoms with Crippen molar-refractivity contribution in [2.45, 2.75) is 19.5 Å². The van der Waals surface area contributed by atoms with E-state index in [9.17, 15) is 13.6 Å². The molecule has 0 saturated heterocycles. The van der Waals surface area contributed by atoms with Crippen molar-refractivity contribution in [3.05, 3.63) is 113 Å². The fourth-order valence-electron chi connectivity index (χ4n) is 3.97. The van der Waals surface area contributed by atoms with E-state index in [0.717, 1.165) is 11.1 Å².